The number of hydrogen-bond donors (Lipinski definition) is 1. The van der Waals surface area contributed by atoms with E-state index in [1.165, 1.54) is 17.8 Å². The zero-order chi connectivity index (χ0) is 18.5. The molecule has 0 spiro atoms. The molecule has 0 radical (unpaired) electrons. The normalized spacial score (nSPS) is 12.0. The molecule has 0 saturated heterocycles. The van der Waals surface area contributed by atoms with Gasteiger partial charge in [-0.1, -0.05) is 42.1 Å². The van der Waals surface area contributed by atoms with Crippen LogP contribution in [0.3, 0.4) is 0 Å². The van der Waals surface area contributed by atoms with Gasteiger partial charge in [-0.2, -0.15) is 0 Å². The Morgan fingerprint density at radius 2 is 1.88 bits per heavy atom. The van der Waals surface area contributed by atoms with Gasteiger partial charge in [0.15, 0.2) is 5.82 Å². The van der Waals surface area contributed by atoms with Gasteiger partial charge in [0.25, 0.3) is 0 Å². The molecule has 1 atom stereocenters. The molecule has 1 heterocycles. The van der Waals surface area contributed by atoms with Crippen LogP contribution in [0.2, 0.25) is 0 Å². The van der Waals surface area contributed by atoms with Crippen LogP contribution in [-0.2, 0) is 4.79 Å². The molecule has 5 nitrogen and oxygen atoms in total. The molecule has 1 amide bonds. The monoisotopic (exact) mass is 370 g/mol. The number of benzene rings is 2. The van der Waals surface area contributed by atoms with Crippen molar-refractivity contribution >= 4 is 23.4 Å². The van der Waals surface area contributed by atoms with Crippen molar-refractivity contribution in [2.45, 2.75) is 24.3 Å². The second kappa shape index (κ2) is 8.14. The fourth-order valence-electron chi connectivity index (χ4n) is 2.57. The molecule has 3 aromatic rings. The van der Waals surface area contributed by atoms with Gasteiger partial charge < -0.3 is 4.90 Å². The van der Waals surface area contributed by atoms with Crippen molar-refractivity contribution in [1.82, 2.24) is 15.2 Å². The minimum absolute atomic E-state index is 0.0269. The highest BCUT2D eigenvalue weighted by molar-refractivity contribution is 8.00. The number of thioether (sulfide) groups is 1. The average Bonchev–Trinajstić information content (AvgIpc) is 3.11. The number of anilines is 1. The standard InChI is InChI=1S/C19H19FN4OS/c1-3-24(14-9-5-4-6-10-14)18(25)13(2)26-19-21-17(22-23-19)15-11-7-8-12-16(15)20/h4-13H,3H2,1-2H3,(H,21,22,23). The van der Waals surface area contributed by atoms with Crippen molar-refractivity contribution in [3.8, 4) is 11.4 Å². The maximum Gasteiger partial charge on any atom is 0.240 e. The summed E-state index contributed by atoms with van der Waals surface area (Å²) in [6, 6.07) is 15.9. The van der Waals surface area contributed by atoms with E-state index in [4.69, 9.17) is 0 Å². The number of aromatic nitrogens is 3. The smallest absolute Gasteiger partial charge is 0.240 e. The highest BCUT2D eigenvalue weighted by atomic mass is 32.2. The number of halogens is 1. The van der Waals surface area contributed by atoms with Gasteiger partial charge >= 0.3 is 0 Å². The molecule has 1 N–H and O–H groups in total. The van der Waals surface area contributed by atoms with Gasteiger partial charge in [0.2, 0.25) is 11.1 Å². The summed E-state index contributed by atoms with van der Waals surface area (Å²) < 4.78 is 13.9. The van der Waals surface area contributed by atoms with Crippen LogP contribution >= 0.6 is 11.8 Å². The SMILES string of the molecule is CCN(C(=O)C(C)Sc1n[nH]c(-c2ccccc2F)n1)c1ccccc1. The molecule has 0 aliphatic carbocycles. The van der Waals surface area contributed by atoms with E-state index >= 15 is 0 Å². The summed E-state index contributed by atoms with van der Waals surface area (Å²) in [6.45, 7) is 4.32. The molecule has 0 aliphatic heterocycles. The number of aromatic amines is 1. The molecule has 0 saturated carbocycles. The molecule has 1 unspecified atom stereocenters. The van der Waals surface area contributed by atoms with Crippen molar-refractivity contribution in [3.63, 3.8) is 0 Å². The highest BCUT2D eigenvalue weighted by Gasteiger charge is 2.23. The Hall–Kier alpha value is -2.67. The van der Waals surface area contributed by atoms with Gasteiger partial charge in [-0.3, -0.25) is 9.89 Å². The third-order valence-corrected chi connectivity index (χ3v) is 4.82. The quantitative estimate of drug-likeness (QED) is 0.662. The van der Waals surface area contributed by atoms with E-state index in [1.807, 2.05) is 44.2 Å². The van der Waals surface area contributed by atoms with Crippen LogP contribution in [-0.4, -0.2) is 32.9 Å². The Morgan fingerprint density at radius 3 is 2.58 bits per heavy atom. The predicted molar refractivity (Wildman–Crippen MR) is 102 cm³/mol. The Labute approximate surface area is 155 Å². The van der Waals surface area contributed by atoms with Gasteiger partial charge in [-0.15, -0.1) is 5.10 Å². The van der Waals surface area contributed by atoms with E-state index in [0.717, 1.165) is 5.69 Å². The van der Waals surface area contributed by atoms with Crippen molar-refractivity contribution < 1.29 is 9.18 Å². The maximum atomic E-state index is 13.9. The topological polar surface area (TPSA) is 61.9 Å². The molecular formula is C19H19FN4OS. The number of H-pyrrole nitrogens is 1. The molecule has 0 bridgehead atoms. The Bertz CT molecular complexity index is 884. The summed E-state index contributed by atoms with van der Waals surface area (Å²) >= 11 is 1.24. The molecule has 2 aromatic carbocycles. The van der Waals surface area contributed by atoms with Gasteiger partial charge in [0.1, 0.15) is 5.82 Å². The number of nitrogens with one attached hydrogen (secondary N) is 1. The lowest BCUT2D eigenvalue weighted by atomic mass is 10.2. The molecule has 26 heavy (non-hydrogen) atoms. The largest absolute Gasteiger partial charge is 0.312 e. The summed E-state index contributed by atoms with van der Waals surface area (Å²) in [5, 5.41) is 6.87. The summed E-state index contributed by atoms with van der Waals surface area (Å²) in [5.41, 5.74) is 1.21. The van der Waals surface area contributed by atoms with Crippen LogP contribution in [0.5, 0.6) is 0 Å². The van der Waals surface area contributed by atoms with Gasteiger partial charge in [-0.25, -0.2) is 9.37 Å². The number of carbonyl (C=O) groups excluding carboxylic acids is 1. The van der Waals surface area contributed by atoms with Crippen molar-refractivity contribution in [2.75, 3.05) is 11.4 Å². The summed E-state index contributed by atoms with van der Waals surface area (Å²) in [4.78, 5) is 18.8. The van der Waals surface area contributed by atoms with E-state index in [-0.39, 0.29) is 17.0 Å². The van der Waals surface area contributed by atoms with Crippen molar-refractivity contribution in [3.05, 3.63) is 60.4 Å². The third-order valence-electron chi connectivity index (χ3n) is 3.87. The first kappa shape index (κ1) is 18.1. The molecule has 1 aromatic heterocycles. The minimum atomic E-state index is -0.376. The first-order chi connectivity index (χ1) is 12.6. The van der Waals surface area contributed by atoms with Crippen LogP contribution in [0, 0.1) is 5.82 Å². The predicted octanol–water partition coefficient (Wildman–Crippen LogP) is 4.14. The lowest BCUT2D eigenvalue weighted by Crippen LogP contribution is -2.36. The van der Waals surface area contributed by atoms with E-state index in [0.29, 0.717) is 23.1 Å². The molecule has 0 fully saturated rings. The molecule has 7 heteroatoms. The molecular weight excluding hydrogens is 351 g/mol. The van der Waals surface area contributed by atoms with Crippen LogP contribution in [0.15, 0.2) is 59.8 Å². The number of para-hydroxylation sites is 1. The Kier molecular flexibility index (Phi) is 5.68. The number of hydrogen-bond acceptors (Lipinski definition) is 4. The second-order valence-electron chi connectivity index (χ2n) is 5.62. The van der Waals surface area contributed by atoms with Crippen molar-refractivity contribution in [1.29, 1.82) is 0 Å². The summed E-state index contributed by atoms with van der Waals surface area (Å²) in [7, 11) is 0. The van der Waals surface area contributed by atoms with Crippen molar-refractivity contribution in [2.24, 2.45) is 0 Å². The number of nitrogens with zero attached hydrogens (tertiary/aromatic N) is 3. The van der Waals surface area contributed by atoms with Gasteiger partial charge in [0.05, 0.1) is 10.8 Å². The van der Waals surface area contributed by atoms with E-state index in [2.05, 4.69) is 15.2 Å². The van der Waals surface area contributed by atoms with Crippen LogP contribution < -0.4 is 4.90 Å². The second-order valence-corrected chi connectivity index (χ2v) is 6.93. The minimum Gasteiger partial charge on any atom is -0.312 e. The first-order valence-electron chi connectivity index (χ1n) is 8.30. The average molecular weight is 370 g/mol. The Morgan fingerprint density at radius 1 is 1.19 bits per heavy atom. The van der Waals surface area contributed by atoms with Crippen LogP contribution in [0.25, 0.3) is 11.4 Å². The number of rotatable bonds is 6. The molecule has 3 rings (SSSR count). The lowest BCUT2D eigenvalue weighted by Gasteiger charge is -2.23. The first-order valence-corrected chi connectivity index (χ1v) is 9.18. The Balaban J connectivity index is 1.73. The van der Waals surface area contributed by atoms with E-state index in [1.54, 1.807) is 23.1 Å². The zero-order valence-corrected chi connectivity index (χ0v) is 15.3. The fraction of sp³-hybridized carbons (Fsp3) is 0.211. The summed E-state index contributed by atoms with van der Waals surface area (Å²) in [5.74, 6) is -0.0489. The van der Waals surface area contributed by atoms with Gasteiger partial charge in [-0.05, 0) is 38.1 Å². The van der Waals surface area contributed by atoms with Gasteiger partial charge in [0, 0.05) is 12.2 Å². The lowest BCUT2D eigenvalue weighted by molar-refractivity contribution is -0.117. The maximum absolute atomic E-state index is 13.9. The van der Waals surface area contributed by atoms with E-state index < -0.39 is 0 Å². The molecule has 0 aliphatic rings. The van der Waals surface area contributed by atoms with Crippen LogP contribution in [0.4, 0.5) is 10.1 Å². The third kappa shape index (κ3) is 3.94. The fourth-order valence-corrected chi connectivity index (χ4v) is 3.36. The molecule has 134 valence electrons. The zero-order valence-electron chi connectivity index (χ0n) is 14.5. The van der Waals surface area contributed by atoms with E-state index in [9.17, 15) is 9.18 Å². The van der Waals surface area contributed by atoms with Crippen LogP contribution in [0.1, 0.15) is 13.8 Å². The summed E-state index contributed by atoms with van der Waals surface area (Å²) in [6.07, 6.45) is 0. The number of carbonyl (C=O) groups is 1. The highest BCUT2D eigenvalue weighted by Crippen LogP contribution is 2.26. The number of amides is 1.